The fourth-order valence-corrected chi connectivity index (χ4v) is 2.29. The van der Waals surface area contributed by atoms with Crippen LogP contribution in [0.3, 0.4) is 0 Å². The van der Waals surface area contributed by atoms with Gasteiger partial charge in [0.25, 0.3) is 0 Å². The van der Waals surface area contributed by atoms with Gasteiger partial charge in [0.15, 0.2) is 0 Å². The first-order chi connectivity index (χ1) is 8.35. The van der Waals surface area contributed by atoms with Gasteiger partial charge in [-0.3, -0.25) is 4.98 Å². The highest BCUT2D eigenvalue weighted by atomic mass is 14.9. The van der Waals surface area contributed by atoms with Gasteiger partial charge in [0.1, 0.15) is 0 Å². The van der Waals surface area contributed by atoms with Crippen molar-refractivity contribution in [1.82, 2.24) is 10.3 Å². The molecule has 1 N–H and O–H groups in total. The van der Waals surface area contributed by atoms with Crippen LogP contribution in [0, 0.1) is 0 Å². The highest BCUT2D eigenvalue weighted by Crippen LogP contribution is 2.18. The minimum atomic E-state index is 0.549. The predicted molar refractivity (Wildman–Crippen MR) is 73.2 cm³/mol. The lowest BCUT2D eigenvalue weighted by Crippen LogP contribution is -2.27. The Morgan fingerprint density at radius 2 is 2.06 bits per heavy atom. The molecular weight excluding hydrogens is 208 g/mol. The predicted octanol–water partition coefficient (Wildman–Crippen LogP) is 3.17. The summed E-state index contributed by atoms with van der Waals surface area (Å²) in [5.74, 6) is 0. The summed E-state index contributed by atoms with van der Waals surface area (Å²) in [7, 11) is 2.04. The summed E-state index contributed by atoms with van der Waals surface area (Å²) in [5, 5.41) is 4.62. The highest BCUT2D eigenvalue weighted by molar-refractivity contribution is 5.81. The van der Waals surface area contributed by atoms with Crippen LogP contribution in [0.4, 0.5) is 0 Å². The molecule has 90 valence electrons. The van der Waals surface area contributed by atoms with Crippen LogP contribution in [0.5, 0.6) is 0 Å². The molecule has 0 amide bonds. The number of hydrogen-bond donors (Lipinski definition) is 1. The number of likely N-dealkylation sites (N-methyl/N-ethyl adjacent to an activating group) is 1. The van der Waals surface area contributed by atoms with Crippen LogP contribution in [-0.4, -0.2) is 18.1 Å². The molecule has 0 saturated carbocycles. The Kier molecular flexibility index (Phi) is 4.10. The Morgan fingerprint density at radius 3 is 2.82 bits per heavy atom. The number of benzene rings is 1. The minimum Gasteiger partial charge on any atom is -0.317 e. The van der Waals surface area contributed by atoms with Crippen molar-refractivity contribution in [2.24, 2.45) is 0 Å². The van der Waals surface area contributed by atoms with Crippen molar-refractivity contribution in [2.75, 3.05) is 7.05 Å². The molecule has 0 radical (unpaired) electrons. The van der Waals surface area contributed by atoms with Gasteiger partial charge in [-0.1, -0.05) is 37.6 Å². The Balaban J connectivity index is 2.28. The maximum absolute atomic E-state index is 4.50. The van der Waals surface area contributed by atoms with Crippen LogP contribution in [0.1, 0.15) is 25.3 Å². The molecule has 0 spiro atoms. The second kappa shape index (κ2) is 5.78. The van der Waals surface area contributed by atoms with Crippen molar-refractivity contribution in [3.8, 4) is 0 Å². The van der Waals surface area contributed by atoms with Crippen molar-refractivity contribution < 1.29 is 0 Å². The molecule has 0 fully saturated rings. The Morgan fingerprint density at radius 1 is 1.24 bits per heavy atom. The largest absolute Gasteiger partial charge is 0.317 e. The summed E-state index contributed by atoms with van der Waals surface area (Å²) in [6.45, 7) is 2.23. The molecule has 0 saturated heterocycles. The summed E-state index contributed by atoms with van der Waals surface area (Å²) < 4.78 is 0. The summed E-state index contributed by atoms with van der Waals surface area (Å²) in [5.41, 5.74) is 2.49. The quantitative estimate of drug-likeness (QED) is 0.850. The van der Waals surface area contributed by atoms with E-state index >= 15 is 0 Å². The summed E-state index contributed by atoms with van der Waals surface area (Å²) in [6, 6.07) is 11.1. The third-order valence-electron chi connectivity index (χ3n) is 3.23. The Hall–Kier alpha value is -1.41. The van der Waals surface area contributed by atoms with Gasteiger partial charge in [0.05, 0.1) is 5.52 Å². The number of hydrogen-bond acceptors (Lipinski definition) is 2. The molecule has 17 heavy (non-hydrogen) atoms. The lowest BCUT2D eigenvalue weighted by molar-refractivity contribution is 0.515. The first-order valence-corrected chi connectivity index (χ1v) is 6.35. The molecule has 2 nitrogen and oxygen atoms in total. The average molecular weight is 228 g/mol. The van der Waals surface area contributed by atoms with Gasteiger partial charge < -0.3 is 5.32 Å². The van der Waals surface area contributed by atoms with E-state index in [-0.39, 0.29) is 0 Å². The number of nitrogens with one attached hydrogen (secondary N) is 1. The number of aromatic nitrogens is 1. The average Bonchev–Trinajstić information content (AvgIpc) is 2.38. The van der Waals surface area contributed by atoms with Crippen molar-refractivity contribution in [3.05, 3.63) is 42.1 Å². The van der Waals surface area contributed by atoms with Crippen LogP contribution in [-0.2, 0) is 6.42 Å². The Labute approximate surface area is 103 Å². The van der Waals surface area contributed by atoms with Gasteiger partial charge in [-0.15, -0.1) is 0 Å². The first-order valence-electron chi connectivity index (χ1n) is 6.35. The number of nitrogens with zero attached hydrogens (tertiary/aromatic N) is 1. The van der Waals surface area contributed by atoms with E-state index in [9.17, 15) is 0 Å². The zero-order chi connectivity index (χ0) is 12.1. The normalized spacial score (nSPS) is 12.8. The number of para-hydroxylation sites is 1. The van der Waals surface area contributed by atoms with E-state index in [1.54, 1.807) is 0 Å². The molecule has 2 aromatic rings. The number of rotatable bonds is 5. The van der Waals surface area contributed by atoms with Crippen molar-refractivity contribution in [3.63, 3.8) is 0 Å². The van der Waals surface area contributed by atoms with Crippen LogP contribution in [0.25, 0.3) is 10.9 Å². The van der Waals surface area contributed by atoms with Gasteiger partial charge in [0.2, 0.25) is 0 Å². The van der Waals surface area contributed by atoms with Gasteiger partial charge in [0, 0.05) is 17.6 Å². The van der Waals surface area contributed by atoms with Crippen LogP contribution in [0.15, 0.2) is 36.5 Å². The highest BCUT2D eigenvalue weighted by Gasteiger charge is 2.08. The van der Waals surface area contributed by atoms with Crippen LogP contribution in [0.2, 0.25) is 0 Å². The molecule has 1 heterocycles. The summed E-state index contributed by atoms with van der Waals surface area (Å²) in [4.78, 5) is 4.50. The van der Waals surface area contributed by atoms with E-state index in [0.29, 0.717) is 6.04 Å². The van der Waals surface area contributed by atoms with E-state index in [4.69, 9.17) is 0 Å². The van der Waals surface area contributed by atoms with Gasteiger partial charge in [-0.25, -0.2) is 0 Å². The fraction of sp³-hybridized carbons (Fsp3) is 0.400. The smallest absolute Gasteiger partial charge is 0.0734 e. The third-order valence-corrected chi connectivity index (χ3v) is 3.23. The maximum Gasteiger partial charge on any atom is 0.0734 e. The molecule has 1 atom stereocenters. The molecule has 1 aromatic carbocycles. The van der Waals surface area contributed by atoms with Gasteiger partial charge >= 0.3 is 0 Å². The molecule has 0 aliphatic carbocycles. The second-order valence-electron chi connectivity index (χ2n) is 4.47. The molecule has 0 aliphatic rings. The van der Waals surface area contributed by atoms with E-state index in [1.807, 2.05) is 19.3 Å². The molecule has 2 heteroatoms. The zero-order valence-corrected chi connectivity index (χ0v) is 10.6. The lowest BCUT2D eigenvalue weighted by Gasteiger charge is -2.16. The van der Waals surface area contributed by atoms with Gasteiger partial charge in [-0.2, -0.15) is 0 Å². The van der Waals surface area contributed by atoms with E-state index in [1.165, 1.54) is 23.8 Å². The Bertz CT molecular complexity index is 474. The third kappa shape index (κ3) is 2.83. The minimum absolute atomic E-state index is 0.549. The lowest BCUT2D eigenvalue weighted by atomic mass is 10.00. The molecule has 0 bridgehead atoms. The van der Waals surface area contributed by atoms with Crippen molar-refractivity contribution >= 4 is 10.9 Å². The van der Waals surface area contributed by atoms with Crippen molar-refractivity contribution in [2.45, 2.75) is 32.2 Å². The molecular formula is C15H20N2. The van der Waals surface area contributed by atoms with Crippen LogP contribution >= 0.6 is 0 Å². The monoisotopic (exact) mass is 228 g/mol. The topological polar surface area (TPSA) is 24.9 Å². The maximum atomic E-state index is 4.50. The number of pyridine rings is 1. The first kappa shape index (κ1) is 12.1. The van der Waals surface area contributed by atoms with E-state index in [2.05, 4.69) is 41.5 Å². The number of fused-ring (bicyclic) bond motifs is 1. The summed E-state index contributed by atoms with van der Waals surface area (Å²) >= 11 is 0. The van der Waals surface area contributed by atoms with Crippen molar-refractivity contribution in [1.29, 1.82) is 0 Å². The summed E-state index contributed by atoms with van der Waals surface area (Å²) in [6.07, 6.45) is 5.35. The van der Waals surface area contributed by atoms with E-state index < -0.39 is 0 Å². The SMILES string of the molecule is CCCC(Cc1cccc2cccnc12)NC. The molecule has 2 rings (SSSR count). The van der Waals surface area contributed by atoms with E-state index in [0.717, 1.165) is 11.9 Å². The standard InChI is InChI=1S/C15H20N2/c1-3-6-14(16-2)11-13-8-4-7-12-9-5-10-17-15(12)13/h4-5,7-10,14,16H,3,6,11H2,1-2H3. The zero-order valence-electron chi connectivity index (χ0n) is 10.6. The van der Waals surface area contributed by atoms with Crippen LogP contribution < -0.4 is 5.32 Å². The molecule has 1 aromatic heterocycles. The molecule has 0 aliphatic heterocycles. The molecule has 1 unspecified atom stereocenters. The van der Waals surface area contributed by atoms with Gasteiger partial charge in [-0.05, 0) is 31.5 Å². The second-order valence-corrected chi connectivity index (χ2v) is 4.47. The fourth-order valence-electron chi connectivity index (χ4n) is 2.29.